The average molecular weight is 333 g/mol. The number of rotatable bonds is 6. The van der Waals surface area contributed by atoms with Gasteiger partial charge in [-0.2, -0.15) is 10.2 Å². The van der Waals surface area contributed by atoms with Crippen LogP contribution in [0.1, 0.15) is 43.4 Å². The molecule has 0 amide bonds. The van der Waals surface area contributed by atoms with Crippen LogP contribution in [0.2, 0.25) is 0 Å². The highest BCUT2D eigenvalue weighted by molar-refractivity contribution is 5.58. The lowest BCUT2D eigenvalue weighted by molar-refractivity contribution is 0.679. The summed E-state index contributed by atoms with van der Waals surface area (Å²) in [5, 5.41) is 15.5. The van der Waals surface area contributed by atoms with E-state index in [1.165, 1.54) is 25.7 Å². The molecular weight excluding hydrogens is 310 g/mol. The largest absolute Gasteiger partial charge is 0.354 e. The second kappa shape index (κ2) is 8.29. The van der Waals surface area contributed by atoms with Crippen molar-refractivity contribution < 1.29 is 0 Å². The van der Waals surface area contributed by atoms with Gasteiger partial charge in [0, 0.05) is 24.0 Å². The molecule has 0 saturated heterocycles. The number of nitriles is 1. The van der Waals surface area contributed by atoms with Gasteiger partial charge in [0.05, 0.1) is 11.6 Å². The fraction of sp³-hybridized carbons (Fsp3) is 0.350. The van der Waals surface area contributed by atoms with Gasteiger partial charge >= 0.3 is 0 Å². The summed E-state index contributed by atoms with van der Waals surface area (Å²) in [6, 6.07) is 11.3. The Hall–Kier alpha value is -2.87. The van der Waals surface area contributed by atoms with Crippen LogP contribution in [-0.4, -0.2) is 16.5 Å². The lowest BCUT2D eigenvalue weighted by atomic mass is 9.97. The van der Waals surface area contributed by atoms with Crippen LogP contribution in [0.3, 0.4) is 0 Å². The van der Waals surface area contributed by atoms with Gasteiger partial charge in [0.25, 0.3) is 0 Å². The molecule has 1 aliphatic carbocycles. The number of hydrogen-bond donors (Lipinski definition) is 2. The van der Waals surface area contributed by atoms with Gasteiger partial charge in [0.2, 0.25) is 5.95 Å². The molecule has 0 spiro atoms. The van der Waals surface area contributed by atoms with Gasteiger partial charge in [-0.3, -0.25) is 0 Å². The Morgan fingerprint density at radius 1 is 1.16 bits per heavy atom. The second-order valence-electron chi connectivity index (χ2n) is 6.32. The van der Waals surface area contributed by atoms with Crippen molar-refractivity contribution in [2.45, 2.75) is 39.0 Å². The standard InChI is InChI=1S/C20H23N5/c1-15-13-19(24-18-9-7-17(14-21)8-10-18)25-20(23-15)22-12-11-16-5-3-2-4-6-16/h5,7-10,13H,2-4,6,11-12H2,1H3,(H2,22,23,24,25). The summed E-state index contributed by atoms with van der Waals surface area (Å²) in [4.78, 5) is 9.00. The molecule has 1 aromatic carbocycles. The van der Waals surface area contributed by atoms with Gasteiger partial charge in [-0.25, -0.2) is 4.98 Å². The van der Waals surface area contributed by atoms with Gasteiger partial charge in [0.15, 0.2) is 0 Å². The van der Waals surface area contributed by atoms with Crippen molar-refractivity contribution in [1.82, 2.24) is 9.97 Å². The Morgan fingerprint density at radius 2 is 2.00 bits per heavy atom. The maximum absolute atomic E-state index is 8.86. The average Bonchev–Trinajstić information content (AvgIpc) is 2.63. The molecule has 5 heteroatoms. The molecule has 2 aromatic rings. The van der Waals surface area contributed by atoms with E-state index < -0.39 is 0 Å². The number of benzene rings is 1. The summed E-state index contributed by atoms with van der Waals surface area (Å²) in [5.74, 6) is 1.39. The zero-order valence-electron chi connectivity index (χ0n) is 14.5. The minimum Gasteiger partial charge on any atom is -0.354 e. The number of aromatic nitrogens is 2. The quantitative estimate of drug-likeness (QED) is 0.749. The van der Waals surface area contributed by atoms with E-state index in [4.69, 9.17) is 5.26 Å². The Kier molecular flexibility index (Phi) is 5.63. The summed E-state index contributed by atoms with van der Waals surface area (Å²) in [6.07, 6.45) is 8.50. The lowest BCUT2D eigenvalue weighted by Gasteiger charge is -2.13. The van der Waals surface area contributed by atoms with Gasteiger partial charge in [-0.05, 0) is 63.3 Å². The smallest absolute Gasteiger partial charge is 0.224 e. The van der Waals surface area contributed by atoms with Crippen LogP contribution in [-0.2, 0) is 0 Å². The molecule has 3 rings (SSSR count). The number of allylic oxidation sites excluding steroid dienone is 1. The van der Waals surface area contributed by atoms with E-state index in [2.05, 4.69) is 32.7 Å². The molecule has 0 fully saturated rings. The second-order valence-corrected chi connectivity index (χ2v) is 6.32. The molecule has 0 atom stereocenters. The fourth-order valence-corrected chi connectivity index (χ4v) is 2.95. The van der Waals surface area contributed by atoms with Crippen LogP contribution in [0, 0.1) is 18.3 Å². The SMILES string of the molecule is Cc1cc(Nc2ccc(C#N)cc2)nc(NCCC2=CCCCC2)n1. The zero-order chi connectivity index (χ0) is 17.5. The molecule has 5 nitrogen and oxygen atoms in total. The Balaban J connectivity index is 1.61. The highest BCUT2D eigenvalue weighted by atomic mass is 15.1. The van der Waals surface area contributed by atoms with Crippen LogP contribution in [0.5, 0.6) is 0 Å². The predicted octanol–water partition coefficient (Wildman–Crippen LogP) is 4.70. The first-order chi connectivity index (χ1) is 12.2. The molecule has 0 saturated carbocycles. The molecule has 0 aliphatic heterocycles. The fourth-order valence-electron chi connectivity index (χ4n) is 2.95. The summed E-state index contributed by atoms with van der Waals surface area (Å²) >= 11 is 0. The van der Waals surface area contributed by atoms with E-state index in [1.54, 1.807) is 17.7 Å². The molecule has 1 aliphatic rings. The van der Waals surface area contributed by atoms with Crippen LogP contribution in [0.4, 0.5) is 17.5 Å². The molecule has 25 heavy (non-hydrogen) atoms. The number of anilines is 3. The van der Waals surface area contributed by atoms with E-state index >= 15 is 0 Å². The third kappa shape index (κ3) is 5.05. The first-order valence-electron chi connectivity index (χ1n) is 8.77. The molecule has 128 valence electrons. The highest BCUT2D eigenvalue weighted by Gasteiger charge is 2.06. The van der Waals surface area contributed by atoms with Crippen LogP contribution < -0.4 is 10.6 Å². The van der Waals surface area contributed by atoms with Crippen molar-refractivity contribution >= 4 is 17.5 Å². The van der Waals surface area contributed by atoms with E-state index in [0.717, 1.165) is 30.2 Å². The third-order valence-corrected chi connectivity index (χ3v) is 4.25. The van der Waals surface area contributed by atoms with Gasteiger partial charge < -0.3 is 10.6 Å². The molecule has 0 bridgehead atoms. The summed E-state index contributed by atoms with van der Waals surface area (Å²) in [7, 11) is 0. The number of aryl methyl sites for hydroxylation is 1. The molecular formula is C20H23N5. The minimum atomic E-state index is 0.642. The number of nitrogens with one attached hydrogen (secondary N) is 2. The van der Waals surface area contributed by atoms with Gasteiger partial charge in [0.1, 0.15) is 5.82 Å². The maximum Gasteiger partial charge on any atom is 0.224 e. The van der Waals surface area contributed by atoms with E-state index in [1.807, 2.05) is 25.1 Å². The monoisotopic (exact) mass is 333 g/mol. The third-order valence-electron chi connectivity index (χ3n) is 4.25. The first-order valence-corrected chi connectivity index (χ1v) is 8.77. The van der Waals surface area contributed by atoms with Crippen molar-refractivity contribution in [2.24, 2.45) is 0 Å². The molecule has 0 unspecified atom stereocenters. The first kappa shape index (κ1) is 17.0. The van der Waals surface area contributed by atoms with Crippen LogP contribution in [0.25, 0.3) is 0 Å². The van der Waals surface area contributed by atoms with Crippen molar-refractivity contribution in [3.05, 3.63) is 53.2 Å². The van der Waals surface area contributed by atoms with Crippen molar-refractivity contribution in [1.29, 1.82) is 5.26 Å². The predicted molar refractivity (Wildman–Crippen MR) is 101 cm³/mol. The lowest BCUT2D eigenvalue weighted by Crippen LogP contribution is -2.09. The summed E-state index contributed by atoms with van der Waals surface area (Å²) in [5.41, 5.74) is 3.99. The van der Waals surface area contributed by atoms with Crippen LogP contribution >= 0.6 is 0 Å². The maximum atomic E-state index is 8.86. The summed E-state index contributed by atoms with van der Waals surface area (Å²) < 4.78 is 0. The molecule has 2 N–H and O–H groups in total. The van der Waals surface area contributed by atoms with E-state index in [0.29, 0.717) is 11.5 Å². The minimum absolute atomic E-state index is 0.642. The Labute approximate surface area is 148 Å². The highest BCUT2D eigenvalue weighted by Crippen LogP contribution is 2.20. The van der Waals surface area contributed by atoms with Gasteiger partial charge in [-0.15, -0.1) is 0 Å². The topological polar surface area (TPSA) is 73.6 Å². The number of nitrogens with zero attached hydrogens (tertiary/aromatic N) is 3. The Morgan fingerprint density at radius 3 is 2.72 bits per heavy atom. The molecule has 1 aromatic heterocycles. The van der Waals surface area contributed by atoms with Gasteiger partial charge in [-0.1, -0.05) is 11.6 Å². The van der Waals surface area contributed by atoms with Crippen molar-refractivity contribution in [2.75, 3.05) is 17.2 Å². The summed E-state index contributed by atoms with van der Waals surface area (Å²) in [6.45, 7) is 2.81. The molecule has 1 heterocycles. The van der Waals surface area contributed by atoms with E-state index in [9.17, 15) is 0 Å². The van der Waals surface area contributed by atoms with Crippen LogP contribution in [0.15, 0.2) is 42.0 Å². The zero-order valence-corrected chi connectivity index (χ0v) is 14.5. The van der Waals surface area contributed by atoms with Crippen molar-refractivity contribution in [3.63, 3.8) is 0 Å². The number of hydrogen-bond acceptors (Lipinski definition) is 5. The normalized spacial score (nSPS) is 13.7. The van der Waals surface area contributed by atoms with E-state index in [-0.39, 0.29) is 0 Å². The molecule has 0 radical (unpaired) electrons. The Bertz CT molecular complexity index is 787. The van der Waals surface area contributed by atoms with Crippen molar-refractivity contribution in [3.8, 4) is 6.07 Å².